The molecule has 340 valence electrons. The normalized spacial score (nSPS) is 12.2. The van der Waals surface area contributed by atoms with Crippen molar-refractivity contribution in [2.24, 2.45) is 0 Å². The zero-order valence-corrected chi connectivity index (χ0v) is 39.1. The molecule has 67 heavy (non-hydrogen) atoms. The first kappa shape index (κ1) is 47.1. The third-order valence-electron chi connectivity index (χ3n) is 12.0. The fourth-order valence-corrected chi connectivity index (χ4v) is 8.06. The summed E-state index contributed by atoms with van der Waals surface area (Å²) in [5.41, 5.74) is 13.6. The van der Waals surface area contributed by atoms with E-state index in [0.29, 0.717) is 0 Å². The number of hydrogen-bond acceptors (Lipinski definition) is 8. The molecule has 0 saturated heterocycles. The van der Waals surface area contributed by atoms with Gasteiger partial charge >= 0.3 is 11.9 Å². The number of rotatable bonds is 19. The second-order valence-electron chi connectivity index (χ2n) is 16.7. The minimum absolute atomic E-state index is 0.117. The molecule has 0 aliphatic rings. The van der Waals surface area contributed by atoms with Gasteiger partial charge in [0.2, 0.25) is 0 Å². The Morgan fingerprint density at radius 2 is 0.806 bits per heavy atom. The molecule has 0 aliphatic carbocycles. The summed E-state index contributed by atoms with van der Waals surface area (Å²) in [7, 11) is 0. The highest BCUT2D eigenvalue weighted by atomic mass is 16.5. The summed E-state index contributed by atoms with van der Waals surface area (Å²) in [5.74, 6) is 0.457. The molecule has 0 bridgehead atoms. The van der Waals surface area contributed by atoms with Crippen molar-refractivity contribution in [3.63, 3.8) is 0 Å². The molecule has 0 amide bonds. The van der Waals surface area contributed by atoms with Crippen LogP contribution in [0.4, 0.5) is 34.1 Å². The quantitative estimate of drug-likeness (QED) is 0.0587. The van der Waals surface area contributed by atoms with Crippen LogP contribution in [-0.4, -0.2) is 24.1 Å². The molecule has 7 aromatic carbocycles. The Morgan fingerprint density at radius 1 is 0.463 bits per heavy atom. The number of ether oxygens (including phenoxy) is 4. The van der Waals surface area contributed by atoms with E-state index in [9.17, 15) is 9.59 Å². The molecule has 7 aromatic rings. The van der Waals surface area contributed by atoms with Gasteiger partial charge in [-0.15, -0.1) is 0 Å². The van der Waals surface area contributed by atoms with E-state index in [1.807, 2.05) is 78.9 Å². The van der Waals surface area contributed by atoms with E-state index in [0.717, 1.165) is 62.3 Å². The Bertz CT molecular complexity index is 2610. The monoisotopic (exact) mass is 890 g/mol. The molecule has 0 fully saturated rings. The molecule has 0 saturated carbocycles. The van der Waals surface area contributed by atoms with Crippen molar-refractivity contribution in [2.45, 2.75) is 72.9 Å². The average molecular weight is 891 g/mol. The number of aryl methyl sites for hydroxylation is 4. The Kier molecular flexibility index (Phi) is 15.4. The van der Waals surface area contributed by atoms with Crippen molar-refractivity contribution in [1.82, 2.24) is 0 Å². The largest absolute Gasteiger partial charge is 0.490 e. The average Bonchev–Trinajstić information content (AvgIpc) is 3.34. The van der Waals surface area contributed by atoms with Crippen LogP contribution in [0, 0.1) is 27.7 Å². The second-order valence-corrected chi connectivity index (χ2v) is 16.7. The third kappa shape index (κ3) is 11.9. The Morgan fingerprint density at radius 3 is 1.15 bits per heavy atom. The maximum Gasteiger partial charge on any atom is 0.330 e. The molecular weight excluding hydrogens is 833 g/mol. The molecular formula is C59H58N2O6. The Hall–Kier alpha value is -7.84. The summed E-state index contributed by atoms with van der Waals surface area (Å²) in [5, 5.41) is 0. The number of esters is 2. The number of carbonyl (C=O) groups excluding carboxylic acids is 2. The van der Waals surface area contributed by atoms with E-state index in [1.165, 1.54) is 34.4 Å². The molecule has 8 heteroatoms. The highest BCUT2D eigenvalue weighted by molar-refractivity contribution is 5.82. The van der Waals surface area contributed by atoms with E-state index in [2.05, 4.69) is 149 Å². The minimum Gasteiger partial charge on any atom is -0.490 e. The summed E-state index contributed by atoms with van der Waals surface area (Å²) in [4.78, 5) is 27.8. The summed E-state index contributed by atoms with van der Waals surface area (Å²) in [6.45, 7) is 20.0. The summed E-state index contributed by atoms with van der Waals surface area (Å²) < 4.78 is 24.1. The van der Waals surface area contributed by atoms with Crippen LogP contribution in [0.1, 0.15) is 58.7 Å². The van der Waals surface area contributed by atoms with Gasteiger partial charge in [0, 0.05) is 46.3 Å². The molecule has 0 N–H and O–H groups in total. The lowest BCUT2D eigenvalue weighted by Gasteiger charge is -2.31. The van der Waals surface area contributed by atoms with Crippen LogP contribution >= 0.6 is 0 Å². The molecule has 0 heterocycles. The summed E-state index contributed by atoms with van der Waals surface area (Å²) >= 11 is 0. The molecule has 0 aliphatic heterocycles. The Labute approximate surface area is 395 Å². The minimum atomic E-state index is -0.454. The van der Waals surface area contributed by atoms with Crippen LogP contribution in [0.25, 0.3) is 0 Å². The van der Waals surface area contributed by atoms with Crippen molar-refractivity contribution < 1.29 is 28.5 Å². The first-order chi connectivity index (χ1) is 32.4. The second kappa shape index (κ2) is 21.9. The van der Waals surface area contributed by atoms with Crippen LogP contribution in [0.5, 0.6) is 11.5 Å². The van der Waals surface area contributed by atoms with Gasteiger partial charge in [0.15, 0.2) is 0 Å². The highest BCUT2D eigenvalue weighted by Gasteiger charge is 2.29. The van der Waals surface area contributed by atoms with Crippen LogP contribution in [0.2, 0.25) is 0 Å². The maximum absolute atomic E-state index is 11.7. The van der Waals surface area contributed by atoms with Gasteiger partial charge < -0.3 is 28.7 Å². The predicted octanol–water partition coefficient (Wildman–Crippen LogP) is 14.3. The van der Waals surface area contributed by atoms with E-state index in [-0.39, 0.29) is 31.3 Å². The lowest BCUT2D eigenvalue weighted by Crippen LogP contribution is -2.33. The van der Waals surface area contributed by atoms with Crippen molar-refractivity contribution in [2.75, 3.05) is 9.80 Å². The molecule has 0 aromatic heterocycles. The van der Waals surface area contributed by atoms with Gasteiger partial charge in [-0.25, -0.2) is 9.59 Å². The first-order valence-electron chi connectivity index (χ1n) is 22.5. The third-order valence-corrected chi connectivity index (χ3v) is 12.0. The van der Waals surface area contributed by atoms with Crippen molar-refractivity contribution in [3.05, 3.63) is 228 Å². The van der Waals surface area contributed by atoms with Crippen LogP contribution in [0.3, 0.4) is 0 Å². The van der Waals surface area contributed by atoms with Gasteiger partial charge in [-0.05, 0) is 178 Å². The molecule has 2 atom stereocenters. The van der Waals surface area contributed by atoms with Gasteiger partial charge in [-0.1, -0.05) is 79.9 Å². The fraction of sp³-hybridized carbons (Fsp3) is 0.186. The fourth-order valence-electron chi connectivity index (χ4n) is 8.06. The summed E-state index contributed by atoms with van der Waals surface area (Å²) in [6.07, 6.45) is 1.82. The van der Waals surface area contributed by atoms with E-state index >= 15 is 0 Å². The number of nitrogens with zero attached hydrogens (tertiary/aromatic N) is 2. The highest BCUT2D eigenvalue weighted by Crippen LogP contribution is 2.39. The standard InChI is InChI=1S/C59H58N2O6/c1-9-57(62)64-38-46-18-24-49(25-19-46)60(53-22-16-40(3)42(5)36-53)51-28-32-55(33-29-51)66-44(7)59(48-14-12-11-13-15-48)45(8)67-56-34-30-52(31-35-56)61(54-23-17-41(4)43(6)37-54)50-26-20-47(21-27-50)39-65-58(63)10-2/h9-37,44-45,59H,1-2,38-39H2,3-8H3. The Balaban J connectivity index is 1.10. The first-order valence-corrected chi connectivity index (χ1v) is 22.5. The summed E-state index contributed by atoms with van der Waals surface area (Å²) in [6, 6.07) is 55.7. The van der Waals surface area contributed by atoms with Gasteiger partial charge in [0.25, 0.3) is 0 Å². The lowest BCUT2D eigenvalue weighted by molar-refractivity contribution is -0.139. The molecule has 8 nitrogen and oxygen atoms in total. The van der Waals surface area contributed by atoms with Gasteiger partial charge in [-0.3, -0.25) is 0 Å². The van der Waals surface area contributed by atoms with Gasteiger partial charge in [0.05, 0.1) is 5.92 Å². The van der Waals surface area contributed by atoms with E-state index in [4.69, 9.17) is 18.9 Å². The number of anilines is 6. The molecule has 0 radical (unpaired) electrons. The smallest absolute Gasteiger partial charge is 0.330 e. The maximum atomic E-state index is 11.7. The van der Waals surface area contributed by atoms with Crippen LogP contribution in [-0.2, 0) is 32.3 Å². The molecule has 7 rings (SSSR count). The van der Waals surface area contributed by atoms with Crippen LogP contribution in [0.15, 0.2) is 189 Å². The van der Waals surface area contributed by atoms with Crippen LogP contribution < -0.4 is 19.3 Å². The zero-order valence-electron chi connectivity index (χ0n) is 39.1. The van der Waals surface area contributed by atoms with Gasteiger partial charge in [0.1, 0.15) is 36.9 Å². The van der Waals surface area contributed by atoms with Crippen molar-refractivity contribution in [1.29, 1.82) is 0 Å². The number of carbonyl (C=O) groups is 2. The zero-order chi connectivity index (χ0) is 47.5. The number of hydrogen-bond donors (Lipinski definition) is 0. The SMILES string of the molecule is C=CC(=O)OCc1ccc(N(c2ccc(OC(C)C(c3ccccc3)C(C)Oc3ccc(N(c4ccc(COC(=O)C=C)cc4)c4ccc(C)c(C)c4)cc3)cc2)c2ccc(C)c(C)c2)cc1. The van der Waals surface area contributed by atoms with E-state index < -0.39 is 11.9 Å². The van der Waals surface area contributed by atoms with Crippen molar-refractivity contribution in [3.8, 4) is 11.5 Å². The number of benzene rings is 7. The topological polar surface area (TPSA) is 77.5 Å². The van der Waals surface area contributed by atoms with Gasteiger partial charge in [-0.2, -0.15) is 0 Å². The molecule has 2 unspecified atom stereocenters. The van der Waals surface area contributed by atoms with Crippen molar-refractivity contribution >= 4 is 46.1 Å². The predicted molar refractivity (Wildman–Crippen MR) is 271 cm³/mol. The lowest BCUT2D eigenvalue weighted by atomic mass is 9.89. The van der Waals surface area contributed by atoms with E-state index in [1.54, 1.807) is 0 Å². The molecule has 0 spiro atoms.